The summed E-state index contributed by atoms with van der Waals surface area (Å²) >= 11 is 0. The van der Waals surface area contributed by atoms with Crippen molar-refractivity contribution in [2.75, 3.05) is 26.2 Å². The van der Waals surface area contributed by atoms with Crippen molar-refractivity contribution in [1.29, 1.82) is 0 Å². The molecule has 0 aromatic rings. The van der Waals surface area contributed by atoms with Crippen molar-refractivity contribution in [2.45, 2.75) is 168 Å². The van der Waals surface area contributed by atoms with Gasteiger partial charge in [0.25, 0.3) is 0 Å². The second-order valence-corrected chi connectivity index (χ2v) is 12.2. The zero-order valence-electron chi connectivity index (χ0n) is 26.7. The molecule has 0 unspecified atom stereocenters. The average molecular weight is 586 g/mol. The third kappa shape index (κ3) is 21.9. The van der Waals surface area contributed by atoms with E-state index in [2.05, 4.69) is 29.8 Å². The minimum atomic E-state index is -0.232. The smallest absolute Gasteiger partial charge is 0.225 e. The predicted molar refractivity (Wildman–Crippen MR) is 175 cm³/mol. The summed E-state index contributed by atoms with van der Waals surface area (Å²) < 4.78 is 0. The highest BCUT2D eigenvalue weighted by Gasteiger charge is 2.37. The summed E-state index contributed by atoms with van der Waals surface area (Å²) in [5.41, 5.74) is 0. The summed E-state index contributed by atoms with van der Waals surface area (Å²) in [5.74, 6) is -0.365. The monoisotopic (exact) mass is 586 g/mol. The van der Waals surface area contributed by atoms with E-state index in [0.29, 0.717) is 13.1 Å². The molecular formula is C34H68ClN3O2. The van der Waals surface area contributed by atoms with Gasteiger partial charge in [0.05, 0.1) is 11.8 Å². The van der Waals surface area contributed by atoms with Crippen molar-refractivity contribution in [3.63, 3.8) is 0 Å². The molecule has 0 bridgehead atoms. The molecule has 1 rings (SSSR count). The number of nitrogens with one attached hydrogen (secondary N) is 3. The number of carbonyl (C=O) groups excluding carboxylic acids is 2. The molecule has 0 saturated carbocycles. The van der Waals surface area contributed by atoms with E-state index in [0.717, 1.165) is 25.9 Å². The molecule has 2 amide bonds. The molecule has 2 atom stereocenters. The number of carbonyl (C=O) groups is 2. The number of amides is 2. The lowest BCUT2D eigenvalue weighted by Crippen LogP contribution is -2.42. The van der Waals surface area contributed by atoms with Crippen LogP contribution >= 0.6 is 12.4 Å². The van der Waals surface area contributed by atoms with E-state index in [1.54, 1.807) is 0 Å². The quantitative estimate of drug-likeness (QED) is 0.0803. The van der Waals surface area contributed by atoms with Gasteiger partial charge in [0.1, 0.15) is 0 Å². The molecule has 1 aliphatic rings. The summed E-state index contributed by atoms with van der Waals surface area (Å²) in [5, 5.41) is 9.47. The molecule has 1 heterocycles. The van der Waals surface area contributed by atoms with Crippen molar-refractivity contribution in [3.8, 4) is 0 Å². The van der Waals surface area contributed by atoms with E-state index in [1.165, 1.54) is 141 Å². The largest absolute Gasteiger partial charge is 0.356 e. The fourth-order valence-electron chi connectivity index (χ4n) is 5.85. The van der Waals surface area contributed by atoms with Crippen LogP contribution in [0.5, 0.6) is 0 Å². The third-order valence-electron chi connectivity index (χ3n) is 8.55. The van der Waals surface area contributed by atoms with Crippen LogP contribution in [0.4, 0.5) is 0 Å². The number of halogens is 1. The Hall–Kier alpha value is -0.810. The Kier molecular flexibility index (Phi) is 29.1. The Labute approximate surface area is 255 Å². The van der Waals surface area contributed by atoms with Crippen LogP contribution in [0.15, 0.2) is 0 Å². The normalized spacial score (nSPS) is 16.6. The standard InChI is InChI=1S/C34H67N3O2.ClH/c1-3-5-7-9-11-13-15-17-19-21-23-25-27-36-33(38)31-29-35-30-32(31)34(39)37-28-26-24-22-20-18-16-14-12-10-8-6-4-2;/h31-32,35H,3-30H2,1-2H3,(H,36,38)(H,37,39);1H/t31-,32-;/m1./s1. The van der Waals surface area contributed by atoms with E-state index in [-0.39, 0.29) is 36.1 Å². The second-order valence-electron chi connectivity index (χ2n) is 12.2. The molecule has 1 aliphatic heterocycles. The Morgan fingerprint density at radius 3 is 1.00 bits per heavy atom. The molecular weight excluding hydrogens is 518 g/mol. The molecule has 6 heteroatoms. The van der Waals surface area contributed by atoms with Gasteiger partial charge in [-0.1, -0.05) is 155 Å². The predicted octanol–water partition coefficient (Wildman–Crippen LogP) is 8.88. The summed E-state index contributed by atoms with van der Waals surface area (Å²) in [6, 6.07) is 0. The van der Waals surface area contributed by atoms with Crippen molar-refractivity contribution in [2.24, 2.45) is 11.8 Å². The first-order chi connectivity index (χ1) is 19.2. The van der Waals surface area contributed by atoms with Crippen LogP contribution < -0.4 is 16.0 Å². The zero-order valence-corrected chi connectivity index (χ0v) is 27.5. The van der Waals surface area contributed by atoms with Crippen molar-refractivity contribution < 1.29 is 9.59 Å². The molecule has 1 saturated heterocycles. The van der Waals surface area contributed by atoms with E-state index < -0.39 is 0 Å². The van der Waals surface area contributed by atoms with E-state index in [4.69, 9.17) is 0 Å². The topological polar surface area (TPSA) is 70.2 Å². The first kappa shape index (κ1) is 39.2. The van der Waals surface area contributed by atoms with Gasteiger partial charge in [-0.15, -0.1) is 12.4 Å². The van der Waals surface area contributed by atoms with Gasteiger partial charge in [-0.05, 0) is 12.8 Å². The average Bonchev–Trinajstić information content (AvgIpc) is 3.44. The summed E-state index contributed by atoms with van der Waals surface area (Å²) in [6.45, 7) is 7.24. The zero-order chi connectivity index (χ0) is 28.2. The van der Waals surface area contributed by atoms with Crippen LogP contribution in [0.1, 0.15) is 168 Å². The van der Waals surface area contributed by atoms with Gasteiger partial charge in [-0.25, -0.2) is 0 Å². The van der Waals surface area contributed by atoms with Gasteiger partial charge in [0.15, 0.2) is 0 Å². The van der Waals surface area contributed by atoms with E-state index in [9.17, 15) is 9.59 Å². The van der Waals surface area contributed by atoms with Crippen LogP contribution in [0.2, 0.25) is 0 Å². The molecule has 3 N–H and O–H groups in total. The van der Waals surface area contributed by atoms with Crippen LogP contribution in [0, 0.1) is 11.8 Å². The fraction of sp³-hybridized carbons (Fsp3) is 0.941. The first-order valence-corrected chi connectivity index (χ1v) is 17.5. The fourth-order valence-corrected chi connectivity index (χ4v) is 5.85. The summed E-state index contributed by atoms with van der Waals surface area (Å²) in [6.07, 6.45) is 31.7. The maximum Gasteiger partial charge on any atom is 0.225 e. The Bertz CT molecular complexity index is 527. The Morgan fingerprint density at radius 1 is 0.475 bits per heavy atom. The number of unbranched alkanes of at least 4 members (excludes halogenated alkanes) is 22. The number of rotatable bonds is 28. The van der Waals surface area contributed by atoms with Crippen LogP contribution in [0.25, 0.3) is 0 Å². The van der Waals surface area contributed by atoms with Crippen LogP contribution in [0.3, 0.4) is 0 Å². The molecule has 40 heavy (non-hydrogen) atoms. The van der Waals surface area contributed by atoms with Gasteiger partial charge in [-0.2, -0.15) is 0 Å². The molecule has 0 aromatic carbocycles. The molecule has 0 aliphatic carbocycles. The van der Waals surface area contributed by atoms with Crippen molar-refractivity contribution >= 4 is 24.2 Å². The van der Waals surface area contributed by atoms with Crippen LogP contribution in [-0.2, 0) is 9.59 Å². The second kappa shape index (κ2) is 29.7. The Morgan fingerprint density at radius 2 is 0.725 bits per heavy atom. The van der Waals surface area contributed by atoms with E-state index in [1.807, 2.05) is 0 Å². The minimum Gasteiger partial charge on any atom is -0.356 e. The highest BCUT2D eigenvalue weighted by molar-refractivity contribution is 5.88. The molecule has 238 valence electrons. The maximum absolute atomic E-state index is 12.7. The number of hydrogen-bond acceptors (Lipinski definition) is 3. The maximum atomic E-state index is 12.7. The lowest BCUT2D eigenvalue weighted by Gasteiger charge is -2.18. The summed E-state index contributed by atoms with van der Waals surface area (Å²) in [7, 11) is 0. The van der Waals surface area contributed by atoms with Gasteiger partial charge < -0.3 is 16.0 Å². The molecule has 5 nitrogen and oxygen atoms in total. The highest BCUT2D eigenvalue weighted by atomic mass is 35.5. The van der Waals surface area contributed by atoms with Crippen molar-refractivity contribution in [3.05, 3.63) is 0 Å². The molecule has 1 fully saturated rings. The van der Waals surface area contributed by atoms with Crippen molar-refractivity contribution in [1.82, 2.24) is 16.0 Å². The third-order valence-corrected chi connectivity index (χ3v) is 8.55. The van der Waals surface area contributed by atoms with Gasteiger partial charge in [-0.3, -0.25) is 9.59 Å². The molecule has 0 spiro atoms. The first-order valence-electron chi connectivity index (χ1n) is 17.5. The van der Waals surface area contributed by atoms with Crippen LogP contribution in [-0.4, -0.2) is 38.0 Å². The lowest BCUT2D eigenvalue weighted by atomic mass is 9.94. The van der Waals surface area contributed by atoms with Gasteiger partial charge in [0.2, 0.25) is 11.8 Å². The Balaban J connectivity index is 0.0000152. The highest BCUT2D eigenvalue weighted by Crippen LogP contribution is 2.18. The van der Waals surface area contributed by atoms with E-state index >= 15 is 0 Å². The molecule has 0 aromatic heterocycles. The SMILES string of the molecule is CCCCCCCCCCCCCCNC(=O)[C@@H]1CNC[C@H]1C(=O)NCCCCCCCCCCCCCC.Cl. The number of hydrogen-bond donors (Lipinski definition) is 3. The lowest BCUT2D eigenvalue weighted by molar-refractivity contribution is -0.132. The van der Waals surface area contributed by atoms with Gasteiger partial charge >= 0.3 is 0 Å². The summed E-state index contributed by atoms with van der Waals surface area (Å²) in [4.78, 5) is 25.4. The minimum absolute atomic E-state index is 0. The molecule has 0 radical (unpaired) electrons. The van der Waals surface area contributed by atoms with Gasteiger partial charge in [0, 0.05) is 26.2 Å².